The quantitative estimate of drug-likeness (QED) is 0.464. The first-order valence-corrected chi connectivity index (χ1v) is 13.9. The molecule has 2 aromatic rings. The number of carbonyl (C=O) groups excluding carboxylic acids is 2. The monoisotopic (exact) mass is 517 g/mol. The summed E-state index contributed by atoms with van der Waals surface area (Å²) in [7, 11) is -3.60. The van der Waals surface area contributed by atoms with Crippen LogP contribution in [0.15, 0.2) is 48.5 Å². The number of fused-ring (bicyclic) bond motifs is 1. The van der Waals surface area contributed by atoms with Gasteiger partial charge in [0.2, 0.25) is 28.6 Å². The molecule has 36 heavy (non-hydrogen) atoms. The van der Waals surface area contributed by atoms with Crippen molar-refractivity contribution in [1.29, 1.82) is 0 Å². The van der Waals surface area contributed by atoms with E-state index in [-0.39, 0.29) is 50.5 Å². The third kappa shape index (κ3) is 7.36. The van der Waals surface area contributed by atoms with Gasteiger partial charge in [-0.25, -0.2) is 8.42 Å². The van der Waals surface area contributed by atoms with Crippen molar-refractivity contribution in [2.45, 2.75) is 46.2 Å². The van der Waals surface area contributed by atoms with E-state index in [0.29, 0.717) is 23.7 Å². The van der Waals surface area contributed by atoms with Gasteiger partial charge < -0.3 is 19.7 Å². The molecule has 1 aliphatic heterocycles. The summed E-state index contributed by atoms with van der Waals surface area (Å²) in [5.41, 5.74) is 1.35. The fourth-order valence-electron chi connectivity index (χ4n) is 3.86. The van der Waals surface area contributed by atoms with Gasteiger partial charge in [0.25, 0.3) is 0 Å². The number of nitrogens with zero attached hydrogens (tertiary/aromatic N) is 2. The van der Waals surface area contributed by atoms with Crippen molar-refractivity contribution in [2.24, 2.45) is 5.92 Å². The molecular formula is C26H35N3O6S. The minimum absolute atomic E-state index is 0.0885. The van der Waals surface area contributed by atoms with Crippen LogP contribution in [-0.2, 0) is 26.2 Å². The summed E-state index contributed by atoms with van der Waals surface area (Å²) in [6.07, 6.45) is 1.50. The molecule has 196 valence electrons. The molecule has 0 aromatic heterocycles. The average molecular weight is 518 g/mol. The summed E-state index contributed by atoms with van der Waals surface area (Å²) >= 11 is 0. The second-order valence-corrected chi connectivity index (χ2v) is 11.2. The molecule has 1 N–H and O–H groups in total. The van der Waals surface area contributed by atoms with E-state index in [1.807, 2.05) is 44.2 Å². The van der Waals surface area contributed by atoms with E-state index in [4.69, 9.17) is 9.47 Å². The fraction of sp³-hybridized carbons (Fsp3) is 0.462. The summed E-state index contributed by atoms with van der Waals surface area (Å²) in [6.45, 7) is 6.73. The molecule has 0 aliphatic carbocycles. The number of benzene rings is 2. The zero-order chi connectivity index (χ0) is 26.3. The maximum Gasteiger partial charge on any atom is 0.242 e. The van der Waals surface area contributed by atoms with E-state index in [9.17, 15) is 18.0 Å². The maximum atomic E-state index is 13.3. The van der Waals surface area contributed by atoms with E-state index in [1.165, 1.54) is 4.31 Å². The molecule has 0 saturated heterocycles. The van der Waals surface area contributed by atoms with Gasteiger partial charge in [0.05, 0.1) is 11.9 Å². The molecule has 10 heteroatoms. The van der Waals surface area contributed by atoms with E-state index < -0.39 is 16.1 Å². The van der Waals surface area contributed by atoms with E-state index >= 15 is 0 Å². The Balaban J connectivity index is 1.70. The SMILES string of the molecule is CC(C)CNC(=O)[C@@H](C)N(Cc1ccccc1)C(=O)CCCN(c1ccc2c(c1)OCO2)S(C)(=O)=O. The van der Waals surface area contributed by atoms with Crippen LogP contribution in [-0.4, -0.2) is 57.3 Å². The molecule has 1 atom stereocenters. The van der Waals surface area contributed by atoms with Gasteiger partial charge in [-0.1, -0.05) is 44.2 Å². The van der Waals surface area contributed by atoms with Gasteiger partial charge >= 0.3 is 0 Å². The third-order valence-electron chi connectivity index (χ3n) is 5.84. The maximum absolute atomic E-state index is 13.3. The fourth-order valence-corrected chi connectivity index (χ4v) is 4.82. The van der Waals surface area contributed by atoms with Gasteiger partial charge in [0.15, 0.2) is 11.5 Å². The number of ether oxygens (including phenoxy) is 2. The van der Waals surface area contributed by atoms with Crippen molar-refractivity contribution < 1.29 is 27.5 Å². The number of sulfonamides is 1. The van der Waals surface area contributed by atoms with Crippen molar-refractivity contribution in [3.63, 3.8) is 0 Å². The molecular weight excluding hydrogens is 482 g/mol. The Labute approximate surface area is 213 Å². The van der Waals surface area contributed by atoms with Gasteiger partial charge in [-0.3, -0.25) is 13.9 Å². The van der Waals surface area contributed by atoms with Gasteiger partial charge in [0, 0.05) is 32.1 Å². The van der Waals surface area contributed by atoms with Crippen LogP contribution in [0.2, 0.25) is 0 Å². The zero-order valence-electron chi connectivity index (χ0n) is 21.3. The topological polar surface area (TPSA) is 105 Å². The van der Waals surface area contributed by atoms with Crippen LogP contribution in [0.4, 0.5) is 5.69 Å². The van der Waals surface area contributed by atoms with Gasteiger partial charge in [0.1, 0.15) is 6.04 Å². The van der Waals surface area contributed by atoms with Gasteiger partial charge in [-0.15, -0.1) is 0 Å². The Kier molecular flexibility index (Phi) is 9.19. The number of rotatable bonds is 12. The second-order valence-electron chi connectivity index (χ2n) is 9.30. The van der Waals surface area contributed by atoms with E-state index in [0.717, 1.165) is 11.8 Å². The zero-order valence-corrected chi connectivity index (χ0v) is 22.1. The first kappa shape index (κ1) is 27.3. The van der Waals surface area contributed by atoms with Crippen molar-refractivity contribution in [3.8, 4) is 11.5 Å². The summed E-state index contributed by atoms with van der Waals surface area (Å²) in [6, 6.07) is 13.7. The first-order chi connectivity index (χ1) is 17.1. The molecule has 0 fully saturated rings. The minimum Gasteiger partial charge on any atom is -0.454 e. The van der Waals surface area contributed by atoms with Crippen molar-refractivity contribution >= 4 is 27.5 Å². The van der Waals surface area contributed by atoms with Crippen molar-refractivity contribution in [2.75, 3.05) is 30.4 Å². The molecule has 0 bridgehead atoms. The summed E-state index contributed by atoms with van der Waals surface area (Å²) in [5, 5.41) is 2.90. The highest BCUT2D eigenvalue weighted by atomic mass is 32.2. The predicted octanol–water partition coefficient (Wildman–Crippen LogP) is 3.15. The largest absolute Gasteiger partial charge is 0.454 e. The lowest BCUT2D eigenvalue weighted by Gasteiger charge is -2.29. The van der Waals surface area contributed by atoms with E-state index in [2.05, 4.69) is 5.32 Å². The highest BCUT2D eigenvalue weighted by Gasteiger charge is 2.27. The first-order valence-electron chi connectivity index (χ1n) is 12.0. The third-order valence-corrected chi connectivity index (χ3v) is 7.04. The molecule has 0 saturated carbocycles. The number of carbonyl (C=O) groups is 2. The summed E-state index contributed by atoms with van der Waals surface area (Å²) in [5.74, 6) is 0.894. The normalized spacial score (nSPS) is 13.4. The number of anilines is 1. The Bertz CT molecular complexity index is 1150. The minimum atomic E-state index is -3.60. The predicted molar refractivity (Wildman–Crippen MR) is 138 cm³/mol. The Morgan fingerprint density at radius 1 is 1.03 bits per heavy atom. The van der Waals surface area contributed by atoms with Crippen LogP contribution in [0.1, 0.15) is 39.2 Å². The standard InChI is InChI=1S/C26H35N3O6S/c1-19(2)16-27-26(31)20(3)28(17-21-9-6-5-7-10-21)25(30)11-8-14-29(36(4,32)33)22-12-13-23-24(15-22)35-18-34-23/h5-7,9-10,12-13,15,19-20H,8,11,14,16-18H2,1-4H3,(H,27,31)/t20-/m1/s1. The van der Waals surface area contributed by atoms with Crippen LogP contribution in [0.5, 0.6) is 11.5 Å². The Morgan fingerprint density at radius 2 is 1.72 bits per heavy atom. The molecule has 0 unspecified atom stereocenters. The number of hydrogen-bond acceptors (Lipinski definition) is 6. The molecule has 0 radical (unpaired) electrons. The smallest absolute Gasteiger partial charge is 0.242 e. The Hall–Kier alpha value is -3.27. The van der Waals surface area contributed by atoms with Crippen LogP contribution in [0, 0.1) is 5.92 Å². The molecule has 3 rings (SSSR count). The van der Waals surface area contributed by atoms with Crippen molar-refractivity contribution in [1.82, 2.24) is 10.2 Å². The summed E-state index contributed by atoms with van der Waals surface area (Å²) in [4.78, 5) is 27.6. The van der Waals surface area contributed by atoms with Crippen LogP contribution < -0.4 is 19.1 Å². The Morgan fingerprint density at radius 3 is 2.39 bits per heavy atom. The number of hydrogen-bond donors (Lipinski definition) is 1. The molecule has 1 heterocycles. The lowest BCUT2D eigenvalue weighted by molar-refractivity contribution is -0.140. The molecule has 1 aliphatic rings. The number of nitrogens with one attached hydrogen (secondary N) is 1. The van der Waals surface area contributed by atoms with E-state index in [1.54, 1.807) is 30.0 Å². The summed E-state index contributed by atoms with van der Waals surface area (Å²) < 4.78 is 37.0. The highest BCUT2D eigenvalue weighted by Crippen LogP contribution is 2.36. The molecule has 9 nitrogen and oxygen atoms in total. The van der Waals surface area contributed by atoms with Gasteiger partial charge in [-0.2, -0.15) is 0 Å². The highest BCUT2D eigenvalue weighted by molar-refractivity contribution is 7.92. The van der Waals surface area contributed by atoms with Gasteiger partial charge in [-0.05, 0) is 37.0 Å². The lowest BCUT2D eigenvalue weighted by Crippen LogP contribution is -2.48. The molecule has 0 spiro atoms. The molecule has 2 amide bonds. The molecule has 2 aromatic carbocycles. The second kappa shape index (κ2) is 12.1. The van der Waals surface area contributed by atoms with Crippen molar-refractivity contribution in [3.05, 3.63) is 54.1 Å². The number of amides is 2. The average Bonchev–Trinajstić information content (AvgIpc) is 3.31. The lowest BCUT2D eigenvalue weighted by atomic mass is 10.1. The van der Waals surface area contributed by atoms with Crippen LogP contribution in [0.25, 0.3) is 0 Å². The van der Waals surface area contributed by atoms with Crippen LogP contribution >= 0.6 is 0 Å². The van der Waals surface area contributed by atoms with Crippen LogP contribution in [0.3, 0.4) is 0 Å².